The summed E-state index contributed by atoms with van der Waals surface area (Å²) in [6.45, 7) is 3.63. The molecule has 0 radical (unpaired) electrons. The van der Waals surface area contributed by atoms with Crippen LogP contribution in [0.4, 0.5) is 5.69 Å². The van der Waals surface area contributed by atoms with Gasteiger partial charge in [-0.05, 0) is 31.9 Å². The van der Waals surface area contributed by atoms with Crippen molar-refractivity contribution < 1.29 is 4.74 Å². The molecule has 1 unspecified atom stereocenters. The maximum atomic E-state index is 5.46. The molecule has 1 saturated heterocycles. The molecular weight excluding hydrogens is 240 g/mol. The van der Waals surface area contributed by atoms with Gasteiger partial charge in [-0.2, -0.15) is 0 Å². The van der Waals surface area contributed by atoms with Crippen LogP contribution in [-0.2, 0) is 4.74 Å². The van der Waals surface area contributed by atoms with Crippen molar-refractivity contribution >= 4 is 5.69 Å². The van der Waals surface area contributed by atoms with Gasteiger partial charge in [0.05, 0.1) is 18.5 Å². The van der Waals surface area contributed by atoms with Crippen LogP contribution in [0.2, 0.25) is 0 Å². The monoisotopic (exact) mass is 258 g/mol. The van der Waals surface area contributed by atoms with Crippen LogP contribution in [-0.4, -0.2) is 33.8 Å². The number of hydrogen-bond acceptors (Lipinski definition) is 4. The lowest BCUT2D eigenvalue weighted by Gasteiger charge is -2.24. The Bertz CT molecular complexity index is 529. The predicted octanol–water partition coefficient (Wildman–Crippen LogP) is 2.17. The molecule has 3 heterocycles. The van der Waals surface area contributed by atoms with Crippen LogP contribution in [0.5, 0.6) is 0 Å². The maximum absolute atomic E-state index is 5.46. The Morgan fingerprint density at radius 3 is 2.95 bits per heavy atom. The topological polar surface area (TPSA) is 52.0 Å². The number of ether oxygens (including phenoxy) is 1. The van der Waals surface area contributed by atoms with Crippen molar-refractivity contribution in [3.8, 4) is 5.82 Å². The minimum atomic E-state index is 0.399. The van der Waals surface area contributed by atoms with Crippen LogP contribution in [0.3, 0.4) is 0 Å². The zero-order valence-corrected chi connectivity index (χ0v) is 11.0. The molecule has 0 amide bonds. The number of rotatable bonds is 3. The second kappa shape index (κ2) is 5.40. The fraction of sp³-hybridized carbons (Fsp3) is 0.429. The smallest absolute Gasteiger partial charge is 0.138 e. The van der Waals surface area contributed by atoms with Crippen molar-refractivity contribution in [3.63, 3.8) is 0 Å². The first kappa shape index (κ1) is 12.2. The number of imidazole rings is 1. The standard InChI is InChI=1S/C14H18N4O/c1-11-15-6-7-18(11)14-5-4-12(9-16-14)17-13-3-2-8-19-10-13/h4-7,9,13,17H,2-3,8,10H2,1H3. The summed E-state index contributed by atoms with van der Waals surface area (Å²) >= 11 is 0. The Labute approximate surface area is 112 Å². The molecule has 1 aliphatic heterocycles. The summed E-state index contributed by atoms with van der Waals surface area (Å²) in [6, 6.07) is 4.45. The van der Waals surface area contributed by atoms with Crippen LogP contribution in [0.15, 0.2) is 30.7 Å². The van der Waals surface area contributed by atoms with E-state index in [1.54, 1.807) is 6.20 Å². The van der Waals surface area contributed by atoms with Crippen LogP contribution in [0.25, 0.3) is 5.82 Å². The molecule has 2 aromatic rings. The highest BCUT2D eigenvalue weighted by molar-refractivity contribution is 5.44. The number of aromatic nitrogens is 3. The number of nitrogens with zero attached hydrogens (tertiary/aromatic N) is 3. The van der Waals surface area contributed by atoms with E-state index in [1.165, 1.54) is 0 Å². The summed E-state index contributed by atoms with van der Waals surface area (Å²) in [5.41, 5.74) is 1.04. The van der Waals surface area contributed by atoms with Crippen molar-refractivity contribution in [1.82, 2.24) is 14.5 Å². The maximum Gasteiger partial charge on any atom is 0.138 e. The lowest BCUT2D eigenvalue weighted by atomic mass is 10.1. The molecule has 19 heavy (non-hydrogen) atoms. The van der Waals surface area contributed by atoms with Gasteiger partial charge in [-0.3, -0.25) is 4.57 Å². The summed E-state index contributed by atoms with van der Waals surface area (Å²) < 4.78 is 7.42. The normalized spacial score (nSPS) is 19.3. The largest absolute Gasteiger partial charge is 0.379 e. The van der Waals surface area contributed by atoms with E-state index < -0.39 is 0 Å². The number of anilines is 1. The first-order valence-corrected chi connectivity index (χ1v) is 6.63. The van der Waals surface area contributed by atoms with Crippen molar-refractivity contribution in [1.29, 1.82) is 0 Å². The highest BCUT2D eigenvalue weighted by atomic mass is 16.5. The van der Waals surface area contributed by atoms with Gasteiger partial charge in [0.25, 0.3) is 0 Å². The van der Waals surface area contributed by atoms with Crippen molar-refractivity contribution in [3.05, 3.63) is 36.5 Å². The molecule has 3 rings (SSSR count). The molecule has 1 aliphatic rings. The number of aryl methyl sites for hydroxylation is 1. The van der Waals surface area contributed by atoms with Crippen molar-refractivity contribution in [2.24, 2.45) is 0 Å². The molecule has 5 heteroatoms. The van der Waals surface area contributed by atoms with Crippen LogP contribution >= 0.6 is 0 Å². The van der Waals surface area contributed by atoms with E-state index >= 15 is 0 Å². The van der Waals surface area contributed by atoms with E-state index in [1.807, 2.05) is 30.0 Å². The third kappa shape index (κ3) is 2.76. The van der Waals surface area contributed by atoms with Crippen LogP contribution < -0.4 is 5.32 Å². The first-order chi connectivity index (χ1) is 9.33. The van der Waals surface area contributed by atoms with Gasteiger partial charge in [-0.15, -0.1) is 0 Å². The quantitative estimate of drug-likeness (QED) is 0.916. The van der Waals surface area contributed by atoms with E-state index in [4.69, 9.17) is 4.74 Å². The first-order valence-electron chi connectivity index (χ1n) is 6.63. The summed E-state index contributed by atoms with van der Waals surface area (Å²) in [6.07, 6.45) is 7.84. The van der Waals surface area contributed by atoms with Gasteiger partial charge in [-0.1, -0.05) is 0 Å². The Kier molecular flexibility index (Phi) is 3.46. The lowest BCUT2D eigenvalue weighted by Crippen LogP contribution is -2.29. The van der Waals surface area contributed by atoms with Gasteiger partial charge in [0.15, 0.2) is 0 Å². The Hall–Kier alpha value is -1.88. The highest BCUT2D eigenvalue weighted by Gasteiger charge is 2.13. The fourth-order valence-electron chi connectivity index (χ4n) is 2.32. The van der Waals surface area contributed by atoms with E-state index in [0.717, 1.165) is 43.4 Å². The third-order valence-electron chi connectivity index (χ3n) is 3.35. The zero-order chi connectivity index (χ0) is 13.1. The molecular formula is C14H18N4O. The van der Waals surface area contributed by atoms with Gasteiger partial charge in [0.1, 0.15) is 11.6 Å². The summed E-state index contributed by atoms with van der Waals surface area (Å²) in [7, 11) is 0. The molecule has 100 valence electrons. The molecule has 1 atom stereocenters. The molecule has 2 aromatic heterocycles. The fourth-order valence-corrected chi connectivity index (χ4v) is 2.32. The SMILES string of the molecule is Cc1nccn1-c1ccc(NC2CCCOC2)cn1. The van der Waals surface area contributed by atoms with Gasteiger partial charge in [0.2, 0.25) is 0 Å². The van der Waals surface area contributed by atoms with Crippen LogP contribution in [0.1, 0.15) is 18.7 Å². The predicted molar refractivity (Wildman–Crippen MR) is 73.6 cm³/mol. The van der Waals surface area contributed by atoms with Crippen LogP contribution in [0, 0.1) is 6.92 Å². The van der Waals surface area contributed by atoms with E-state index in [2.05, 4.69) is 21.4 Å². The number of hydrogen-bond donors (Lipinski definition) is 1. The van der Waals surface area contributed by atoms with E-state index in [0.29, 0.717) is 6.04 Å². The Balaban J connectivity index is 1.70. The Morgan fingerprint density at radius 2 is 2.32 bits per heavy atom. The molecule has 1 fully saturated rings. The minimum Gasteiger partial charge on any atom is -0.379 e. The Morgan fingerprint density at radius 1 is 1.37 bits per heavy atom. The lowest BCUT2D eigenvalue weighted by molar-refractivity contribution is 0.0876. The van der Waals surface area contributed by atoms with Gasteiger partial charge >= 0.3 is 0 Å². The summed E-state index contributed by atoms with van der Waals surface area (Å²) in [5.74, 6) is 1.83. The summed E-state index contributed by atoms with van der Waals surface area (Å²) in [5, 5.41) is 3.46. The summed E-state index contributed by atoms with van der Waals surface area (Å²) in [4.78, 5) is 8.67. The molecule has 0 saturated carbocycles. The third-order valence-corrected chi connectivity index (χ3v) is 3.35. The van der Waals surface area contributed by atoms with E-state index in [-0.39, 0.29) is 0 Å². The molecule has 0 spiro atoms. The molecule has 0 aromatic carbocycles. The minimum absolute atomic E-state index is 0.399. The second-order valence-corrected chi connectivity index (χ2v) is 4.81. The molecule has 5 nitrogen and oxygen atoms in total. The zero-order valence-electron chi connectivity index (χ0n) is 11.0. The highest BCUT2D eigenvalue weighted by Crippen LogP contribution is 2.15. The average molecular weight is 258 g/mol. The van der Waals surface area contributed by atoms with E-state index in [9.17, 15) is 0 Å². The van der Waals surface area contributed by atoms with Gasteiger partial charge in [0, 0.05) is 25.0 Å². The molecule has 0 bridgehead atoms. The number of nitrogens with one attached hydrogen (secondary N) is 1. The second-order valence-electron chi connectivity index (χ2n) is 4.81. The number of pyridine rings is 1. The molecule has 0 aliphatic carbocycles. The average Bonchev–Trinajstić information content (AvgIpc) is 2.87. The van der Waals surface area contributed by atoms with Gasteiger partial charge < -0.3 is 10.1 Å². The van der Waals surface area contributed by atoms with Crippen molar-refractivity contribution in [2.75, 3.05) is 18.5 Å². The van der Waals surface area contributed by atoms with Crippen molar-refractivity contribution in [2.45, 2.75) is 25.8 Å². The molecule has 1 N–H and O–H groups in total. The van der Waals surface area contributed by atoms with Gasteiger partial charge in [-0.25, -0.2) is 9.97 Å².